The van der Waals surface area contributed by atoms with Crippen LogP contribution in [0.25, 0.3) is 5.69 Å². The fraction of sp³-hybridized carbons (Fsp3) is 0.333. The van der Waals surface area contributed by atoms with Gasteiger partial charge < -0.3 is 10.1 Å². The van der Waals surface area contributed by atoms with Crippen LogP contribution < -0.4 is 21.2 Å². The van der Waals surface area contributed by atoms with E-state index < -0.39 is 12.1 Å². The number of hydrogen-bond acceptors (Lipinski definition) is 6. The third-order valence-corrected chi connectivity index (χ3v) is 5.09. The zero-order valence-corrected chi connectivity index (χ0v) is 17.1. The van der Waals surface area contributed by atoms with Crippen LogP contribution in [-0.2, 0) is 19.4 Å². The van der Waals surface area contributed by atoms with Crippen LogP contribution >= 0.6 is 0 Å². The Bertz CT molecular complexity index is 1250. The predicted octanol–water partition coefficient (Wildman–Crippen LogP) is 3.33. The van der Waals surface area contributed by atoms with Crippen LogP contribution in [0, 0.1) is 0 Å². The molecule has 0 atom stereocenters. The smallest absolute Gasteiger partial charge is 0.406 e. The molecule has 3 aromatic rings. The van der Waals surface area contributed by atoms with E-state index in [0.29, 0.717) is 30.8 Å². The normalized spacial score (nSPS) is 13.1. The number of fused-ring (bicyclic) bond motifs is 1. The number of hydrogen-bond donors (Lipinski definition) is 1. The summed E-state index contributed by atoms with van der Waals surface area (Å²) in [5.41, 5.74) is 1.19. The Morgan fingerprint density at radius 1 is 1.09 bits per heavy atom. The van der Waals surface area contributed by atoms with E-state index in [2.05, 4.69) is 20.1 Å². The van der Waals surface area contributed by atoms with Gasteiger partial charge in [-0.05, 0) is 49.9 Å². The number of ether oxygens (including phenoxy) is 1. The molecule has 32 heavy (non-hydrogen) atoms. The number of nitrogens with one attached hydrogen (secondary N) is 1. The van der Waals surface area contributed by atoms with E-state index in [-0.39, 0.29) is 22.5 Å². The summed E-state index contributed by atoms with van der Waals surface area (Å²) in [5.74, 6) is -0.0542. The molecule has 0 unspecified atom stereocenters. The fourth-order valence-electron chi connectivity index (χ4n) is 3.70. The summed E-state index contributed by atoms with van der Waals surface area (Å²) in [7, 11) is 0. The highest BCUT2D eigenvalue weighted by atomic mass is 19.4. The Hall–Kier alpha value is -3.63. The number of halogens is 3. The molecule has 2 heterocycles. The van der Waals surface area contributed by atoms with Crippen LogP contribution in [0.4, 0.5) is 24.7 Å². The zero-order chi connectivity index (χ0) is 22.9. The van der Waals surface area contributed by atoms with E-state index in [4.69, 9.17) is 0 Å². The number of anilines is 2. The molecule has 0 amide bonds. The van der Waals surface area contributed by atoms with Crippen LogP contribution in [0.5, 0.6) is 5.75 Å². The first kappa shape index (κ1) is 21.6. The number of rotatable bonds is 6. The first-order chi connectivity index (χ1) is 15.3. The van der Waals surface area contributed by atoms with Gasteiger partial charge in [-0.1, -0.05) is 6.92 Å². The molecule has 11 heteroatoms. The lowest BCUT2D eigenvalue weighted by Gasteiger charge is -2.15. The first-order valence-electron chi connectivity index (χ1n) is 10.1. The van der Waals surface area contributed by atoms with E-state index >= 15 is 0 Å². The average molecular weight is 447 g/mol. The van der Waals surface area contributed by atoms with Crippen LogP contribution in [-0.4, -0.2) is 25.7 Å². The molecule has 1 aromatic carbocycles. The molecule has 0 fully saturated rings. The SMILES string of the molecule is CCCn1cncc(Nc2nn(-c3ccc(OC(F)(F)F)cc3)c(=O)c3c2CCC3)c1=O. The van der Waals surface area contributed by atoms with E-state index in [0.717, 1.165) is 35.2 Å². The van der Waals surface area contributed by atoms with E-state index in [1.807, 2.05) is 6.92 Å². The van der Waals surface area contributed by atoms with Crippen LogP contribution in [0.1, 0.15) is 30.9 Å². The van der Waals surface area contributed by atoms with Gasteiger partial charge in [-0.3, -0.25) is 14.2 Å². The monoisotopic (exact) mass is 447 g/mol. The summed E-state index contributed by atoms with van der Waals surface area (Å²) >= 11 is 0. The minimum Gasteiger partial charge on any atom is -0.406 e. The Labute approximate surface area is 180 Å². The van der Waals surface area contributed by atoms with Crippen molar-refractivity contribution in [3.8, 4) is 11.4 Å². The molecule has 1 aliphatic carbocycles. The van der Waals surface area contributed by atoms with E-state index in [9.17, 15) is 22.8 Å². The Morgan fingerprint density at radius 3 is 2.50 bits per heavy atom. The second-order valence-electron chi connectivity index (χ2n) is 7.35. The molecule has 1 N–H and O–H groups in total. The van der Waals surface area contributed by atoms with Gasteiger partial charge in [-0.2, -0.15) is 4.68 Å². The third-order valence-electron chi connectivity index (χ3n) is 5.09. The van der Waals surface area contributed by atoms with Crippen molar-refractivity contribution in [2.75, 3.05) is 5.32 Å². The second kappa shape index (κ2) is 8.48. The minimum atomic E-state index is -4.81. The summed E-state index contributed by atoms with van der Waals surface area (Å²) in [6, 6.07) is 4.86. The van der Waals surface area contributed by atoms with E-state index in [1.54, 1.807) is 0 Å². The van der Waals surface area contributed by atoms with Gasteiger partial charge in [-0.15, -0.1) is 18.3 Å². The van der Waals surface area contributed by atoms with Crippen LogP contribution in [0.2, 0.25) is 0 Å². The third kappa shape index (κ3) is 4.36. The standard InChI is InChI=1S/C21H20F3N5O3/c1-2-10-28-12-25-11-17(20(28)31)26-18-15-4-3-5-16(15)19(30)29(27-18)13-6-8-14(9-7-13)32-21(22,23)24/h6-9,11-12H,2-5,10H2,1H3,(H,26,27). The van der Waals surface area contributed by atoms with Gasteiger partial charge in [-0.25, -0.2) is 4.98 Å². The maximum Gasteiger partial charge on any atom is 0.573 e. The van der Waals surface area contributed by atoms with Crippen molar-refractivity contribution in [1.82, 2.24) is 19.3 Å². The second-order valence-corrected chi connectivity index (χ2v) is 7.35. The zero-order valence-electron chi connectivity index (χ0n) is 17.1. The molecular weight excluding hydrogens is 427 g/mol. The van der Waals surface area contributed by atoms with Crippen molar-refractivity contribution >= 4 is 11.5 Å². The molecule has 0 aliphatic heterocycles. The van der Waals surface area contributed by atoms with Crippen LogP contribution in [0.15, 0.2) is 46.4 Å². The van der Waals surface area contributed by atoms with Gasteiger partial charge in [0.1, 0.15) is 11.4 Å². The fourth-order valence-corrected chi connectivity index (χ4v) is 3.70. The molecular formula is C21H20F3N5O3. The molecule has 0 radical (unpaired) electrons. The number of aryl methyl sites for hydroxylation is 1. The summed E-state index contributed by atoms with van der Waals surface area (Å²) in [4.78, 5) is 29.8. The van der Waals surface area contributed by atoms with Crippen molar-refractivity contribution in [2.24, 2.45) is 0 Å². The van der Waals surface area contributed by atoms with Crippen molar-refractivity contribution in [3.63, 3.8) is 0 Å². The molecule has 0 saturated carbocycles. The van der Waals surface area contributed by atoms with Crippen molar-refractivity contribution in [2.45, 2.75) is 45.5 Å². The maximum atomic E-state index is 13.0. The van der Waals surface area contributed by atoms with Crippen LogP contribution in [0.3, 0.4) is 0 Å². The van der Waals surface area contributed by atoms with Gasteiger partial charge in [0.2, 0.25) is 0 Å². The molecule has 0 spiro atoms. The number of aromatic nitrogens is 4. The summed E-state index contributed by atoms with van der Waals surface area (Å²) in [6.45, 7) is 2.46. The molecule has 1 aliphatic rings. The molecule has 0 saturated heterocycles. The maximum absolute atomic E-state index is 13.0. The number of alkyl halides is 3. The summed E-state index contributed by atoms with van der Waals surface area (Å²) in [6.07, 6.45) is 0.747. The van der Waals surface area contributed by atoms with Crippen molar-refractivity contribution in [3.05, 3.63) is 68.6 Å². The molecule has 0 bridgehead atoms. The predicted molar refractivity (Wildman–Crippen MR) is 111 cm³/mol. The average Bonchev–Trinajstić information content (AvgIpc) is 3.23. The number of nitrogens with zero attached hydrogens (tertiary/aromatic N) is 4. The highest BCUT2D eigenvalue weighted by Gasteiger charge is 2.31. The lowest BCUT2D eigenvalue weighted by Crippen LogP contribution is -2.28. The van der Waals surface area contributed by atoms with Gasteiger partial charge in [0, 0.05) is 17.7 Å². The van der Waals surface area contributed by atoms with Crippen molar-refractivity contribution in [1.29, 1.82) is 0 Å². The minimum absolute atomic E-state index is 0.224. The Kier molecular flexibility index (Phi) is 5.72. The first-order valence-corrected chi connectivity index (χ1v) is 10.1. The highest BCUT2D eigenvalue weighted by molar-refractivity contribution is 5.60. The lowest BCUT2D eigenvalue weighted by atomic mass is 10.2. The van der Waals surface area contributed by atoms with E-state index in [1.165, 1.54) is 29.2 Å². The van der Waals surface area contributed by atoms with Gasteiger partial charge >= 0.3 is 6.36 Å². The largest absolute Gasteiger partial charge is 0.573 e. The van der Waals surface area contributed by atoms with Gasteiger partial charge in [0.05, 0.1) is 18.2 Å². The number of benzene rings is 1. The molecule has 8 nitrogen and oxygen atoms in total. The topological polar surface area (TPSA) is 91.0 Å². The summed E-state index contributed by atoms with van der Waals surface area (Å²) in [5, 5.41) is 7.40. The van der Waals surface area contributed by atoms with Gasteiger partial charge in [0.15, 0.2) is 5.82 Å². The molecule has 168 valence electrons. The quantitative estimate of drug-likeness (QED) is 0.624. The Balaban J connectivity index is 1.74. The highest BCUT2D eigenvalue weighted by Crippen LogP contribution is 2.28. The molecule has 2 aromatic heterocycles. The Morgan fingerprint density at radius 2 is 1.81 bits per heavy atom. The van der Waals surface area contributed by atoms with Gasteiger partial charge in [0.25, 0.3) is 11.1 Å². The lowest BCUT2D eigenvalue weighted by molar-refractivity contribution is -0.274. The van der Waals surface area contributed by atoms with Crippen molar-refractivity contribution < 1.29 is 17.9 Å². The molecule has 4 rings (SSSR count). The summed E-state index contributed by atoms with van der Waals surface area (Å²) < 4.78 is 43.7.